The van der Waals surface area contributed by atoms with Crippen LogP contribution in [0.25, 0.3) is 0 Å². The van der Waals surface area contributed by atoms with Gasteiger partial charge in [0, 0.05) is 12.0 Å². The Hall–Kier alpha value is -2.02. The van der Waals surface area contributed by atoms with Crippen LogP contribution in [-0.4, -0.2) is 28.0 Å². The number of anilines is 1. The van der Waals surface area contributed by atoms with Crippen molar-refractivity contribution in [1.29, 1.82) is 0 Å². The van der Waals surface area contributed by atoms with Crippen LogP contribution in [0.4, 0.5) is 5.82 Å². The maximum atomic E-state index is 12.2. The highest BCUT2D eigenvalue weighted by molar-refractivity contribution is 7.14. The third kappa shape index (κ3) is 3.11. The Morgan fingerprint density at radius 3 is 2.75 bits per heavy atom. The van der Waals surface area contributed by atoms with Gasteiger partial charge in [0.15, 0.2) is 0 Å². The van der Waals surface area contributed by atoms with Crippen molar-refractivity contribution in [3.05, 3.63) is 28.0 Å². The molecule has 2 rings (SSSR count). The molecule has 7 heteroatoms. The Kier molecular flexibility index (Phi) is 4.29. The number of nitrogens with zero attached hydrogens (tertiary/aromatic N) is 3. The first-order valence-electron chi connectivity index (χ1n) is 6.16. The van der Waals surface area contributed by atoms with E-state index in [4.69, 9.17) is 4.74 Å². The predicted molar refractivity (Wildman–Crippen MR) is 77.5 cm³/mol. The molecule has 1 amide bonds. The minimum absolute atomic E-state index is 0.215. The summed E-state index contributed by atoms with van der Waals surface area (Å²) in [6.07, 6.45) is 1.34. The fraction of sp³-hybridized carbons (Fsp3) is 0.385. The van der Waals surface area contributed by atoms with Gasteiger partial charge in [-0.3, -0.25) is 4.79 Å². The Bertz CT molecular complexity index is 625. The molecule has 0 aromatic carbocycles. The second-order valence-electron chi connectivity index (χ2n) is 4.52. The second-order valence-corrected chi connectivity index (χ2v) is 5.55. The number of nitrogens with one attached hydrogen (secondary N) is 1. The number of rotatable bonds is 4. The standard InChI is InChI=1S/C13H16N4O2S/c1-7(2)13-16-8(3)11(20-13)12(18)17-9-5-10(19-4)15-6-14-9/h5-7H,1-4H3,(H,14,15,17,18). The first kappa shape index (κ1) is 14.4. The molecule has 0 fully saturated rings. The predicted octanol–water partition coefficient (Wildman–Crippen LogP) is 2.63. The van der Waals surface area contributed by atoms with Crippen molar-refractivity contribution in [2.75, 3.05) is 12.4 Å². The summed E-state index contributed by atoms with van der Waals surface area (Å²) in [6.45, 7) is 5.93. The van der Waals surface area contributed by atoms with Crippen LogP contribution in [0, 0.1) is 6.92 Å². The van der Waals surface area contributed by atoms with Gasteiger partial charge in [-0.25, -0.2) is 15.0 Å². The summed E-state index contributed by atoms with van der Waals surface area (Å²) in [5.41, 5.74) is 0.734. The molecule has 0 unspecified atom stereocenters. The Morgan fingerprint density at radius 2 is 2.15 bits per heavy atom. The zero-order chi connectivity index (χ0) is 14.7. The molecule has 2 heterocycles. The number of carbonyl (C=O) groups excluding carboxylic acids is 1. The summed E-state index contributed by atoms with van der Waals surface area (Å²) in [7, 11) is 1.51. The maximum absolute atomic E-state index is 12.2. The van der Waals surface area contributed by atoms with Gasteiger partial charge in [0.1, 0.15) is 17.0 Å². The molecule has 0 aliphatic heterocycles. The van der Waals surface area contributed by atoms with Crippen molar-refractivity contribution in [2.24, 2.45) is 0 Å². The lowest BCUT2D eigenvalue weighted by Gasteiger charge is -2.04. The zero-order valence-corrected chi connectivity index (χ0v) is 12.6. The number of hydrogen-bond donors (Lipinski definition) is 1. The van der Waals surface area contributed by atoms with Gasteiger partial charge in [-0.15, -0.1) is 11.3 Å². The molecule has 0 aliphatic rings. The zero-order valence-electron chi connectivity index (χ0n) is 11.8. The lowest BCUT2D eigenvalue weighted by Crippen LogP contribution is -2.12. The van der Waals surface area contributed by atoms with Crippen molar-refractivity contribution < 1.29 is 9.53 Å². The summed E-state index contributed by atoms with van der Waals surface area (Å²) in [4.78, 5) is 25.1. The minimum atomic E-state index is -0.215. The molecule has 0 aliphatic carbocycles. The quantitative estimate of drug-likeness (QED) is 0.937. The van der Waals surface area contributed by atoms with E-state index < -0.39 is 0 Å². The van der Waals surface area contributed by atoms with E-state index in [-0.39, 0.29) is 5.91 Å². The van der Waals surface area contributed by atoms with Crippen molar-refractivity contribution in [3.63, 3.8) is 0 Å². The van der Waals surface area contributed by atoms with Gasteiger partial charge >= 0.3 is 0 Å². The van der Waals surface area contributed by atoms with Crippen molar-refractivity contribution in [3.8, 4) is 5.88 Å². The summed E-state index contributed by atoms with van der Waals surface area (Å²) in [5, 5.41) is 3.68. The van der Waals surface area contributed by atoms with E-state index >= 15 is 0 Å². The van der Waals surface area contributed by atoms with Crippen LogP contribution in [-0.2, 0) is 0 Å². The smallest absolute Gasteiger partial charge is 0.268 e. The number of thiazole rings is 1. The second kappa shape index (κ2) is 5.96. The van der Waals surface area contributed by atoms with Gasteiger partial charge in [0.25, 0.3) is 5.91 Å². The lowest BCUT2D eigenvalue weighted by atomic mass is 10.2. The van der Waals surface area contributed by atoms with Crippen LogP contribution >= 0.6 is 11.3 Å². The number of ether oxygens (including phenoxy) is 1. The van der Waals surface area contributed by atoms with Gasteiger partial charge in [-0.05, 0) is 6.92 Å². The van der Waals surface area contributed by atoms with Gasteiger partial charge in [-0.2, -0.15) is 0 Å². The van der Waals surface area contributed by atoms with E-state index in [1.165, 1.54) is 24.8 Å². The molecular formula is C13H16N4O2S. The van der Waals surface area contributed by atoms with E-state index in [2.05, 4.69) is 34.1 Å². The number of methoxy groups -OCH3 is 1. The van der Waals surface area contributed by atoms with Crippen LogP contribution in [0.5, 0.6) is 5.88 Å². The third-order valence-electron chi connectivity index (χ3n) is 2.61. The molecule has 106 valence electrons. The molecule has 0 atom stereocenters. The number of hydrogen-bond acceptors (Lipinski definition) is 6. The topological polar surface area (TPSA) is 77.0 Å². The van der Waals surface area contributed by atoms with Gasteiger partial charge < -0.3 is 10.1 Å². The average molecular weight is 292 g/mol. The van der Waals surface area contributed by atoms with E-state index in [1.54, 1.807) is 6.07 Å². The summed E-state index contributed by atoms with van der Waals surface area (Å²) >= 11 is 1.41. The van der Waals surface area contributed by atoms with Crippen molar-refractivity contribution in [1.82, 2.24) is 15.0 Å². The number of carbonyl (C=O) groups is 1. The van der Waals surface area contributed by atoms with Crippen LogP contribution in [0.3, 0.4) is 0 Å². The first-order valence-corrected chi connectivity index (χ1v) is 6.97. The van der Waals surface area contributed by atoms with Crippen LogP contribution in [0.15, 0.2) is 12.4 Å². The van der Waals surface area contributed by atoms with Gasteiger partial charge in [0.2, 0.25) is 5.88 Å². The molecule has 1 N–H and O–H groups in total. The van der Waals surface area contributed by atoms with E-state index in [9.17, 15) is 4.79 Å². The minimum Gasteiger partial charge on any atom is -0.481 e. The third-order valence-corrected chi connectivity index (χ3v) is 4.06. The van der Waals surface area contributed by atoms with Crippen LogP contribution < -0.4 is 10.1 Å². The largest absolute Gasteiger partial charge is 0.481 e. The molecule has 0 bridgehead atoms. The average Bonchev–Trinajstić information content (AvgIpc) is 2.81. The van der Waals surface area contributed by atoms with Gasteiger partial charge in [0.05, 0.1) is 17.8 Å². The molecular weight excluding hydrogens is 276 g/mol. The molecule has 0 saturated heterocycles. The molecule has 2 aromatic rings. The molecule has 2 aromatic heterocycles. The van der Waals surface area contributed by atoms with Crippen molar-refractivity contribution in [2.45, 2.75) is 26.7 Å². The number of aromatic nitrogens is 3. The molecule has 20 heavy (non-hydrogen) atoms. The highest BCUT2D eigenvalue weighted by Crippen LogP contribution is 2.25. The molecule has 0 spiro atoms. The summed E-state index contributed by atoms with van der Waals surface area (Å²) in [6, 6.07) is 1.57. The lowest BCUT2D eigenvalue weighted by molar-refractivity contribution is 0.102. The molecule has 6 nitrogen and oxygen atoms in total. The molecule has 0 radical (unpaired) electrons. The van der Waals surface area contributed by atoms with Crippen molar-refractivity contribution >= 4 is 23.1 Å². The Balaban J connectivity index is 2.19. The normalized spacial score (nSPS) is 10.7. The fourth-order valence-electron chi connectivity index (χ4n) is 1.57. The van der Waals surface area contributed by atoms with Crippen LogP contribution in [0.1, 0.15) is 40.1 Å². The monoisotopic (exact) mass is 292 g/mol. The Morgan fingerprint density at radius 1 is 1.40 bits per heavy atom. The summed E-state index contributed by atoms with van der Waals surface area (Å²) < 4.78 is 4.99. The van der Waals surface area contributed by atoms with E-state index in [1.807, 2.05) is 6.92 Å². The molecule has 0 saturated carbocycles. The first-order chi connectivity index (χ1) is 9.51. The van der Waals surface area contributed by atoms with E-state index in [0.29, 0.717) is 22.5 Å². The van der Waals surface area contributed by atoms with Gasteiger partial charge in [-0.1, -0.05) is 13.8 Å². The fourth-order valence-corrected chi connectivity index (χ4v) is 2.53. The maximum Gasteiger partial charge on any atom is 0.268 e. The highest BCUT2D eigenvalue weighted by atomic mass is 32.1. The highest BCUT2D eigenvalue weighted by Gasteiger charge is 2.17. The SMILES string of the molecule is COc1cc(NC(=O)c2sc(C(C)C)nc2C)ncn1. The number of aryl methyl sites for hydroxylation is 1. The van der Waals surface area contributed by atoms with E-state index in [0.717, 1.165) is 10.7 Å². The van der Waals surface area contributed by atoms with Crippen LogP contribution in [0.2, 0.25) is 0 Å². The Labute approximate surface area is 121 Å². The number of amides is 1. The summed E-state index contributed by atoms with van der Waals surface area (Å²) in [5.74, 6) is 0.895.